The zero-order chi connectivity index (χ0) is 18.1. The lowest BCUT2D eigenvalue weighted by atomic mass is 9.99. The van der Waals surface area contributed by atoms with Crippen LogP contribution in [0.2, 0.25) is 0 Å². The van der Waals surface area contributed by atoms with Gasteiger partial charge >= 0.3 is 5.97 Å². The number of aryl methyl sites for hydroxylation is 1. The van der Waals surface area contributed by atoms with Gasteiger partial charge in [0.2, 0.25) is 0 Å². The zero-order valence-electron chi connectivity index (χ0n) is 14.4. The molecular weight excluding hydrogens is 318 g/mol. The van der Waals surface area contributed by atoms with E-state index in [1.165, 1.54) is 0 Å². The van der Waals surface area contributed by atoms with E-state index in [4.69, 9.17) is 4.74 Å². The van der Waals surface area contributed by atoms with Gasteiger partial charge in [0.05, 0.1) is 18.2 Å². The van der Waals surface area contributed by atoms with Gasteiger partial charge in [-0.2, -0.15) is 0 Å². The van der Waals surface area contributed by atoms with Crippen LogP contribution in [-0.4, -0.2) is 28.5 Å². The summed E-state index contributed by atoms with van der Waals surface area (Å²) in [5.41, 5.74) is 3.50. The second-order valence-electron chi connectivity index (χ2n) is 6.02. The van der Waals surface area contributed by atoms with Crippen LogP contribution < -0.4 is 4.74 Å². The fourth-order valence-corrected chi connectivity index (χ4v) is 3.06. The fourth-order valence-electron chi connectivity index (χ4n) is 3.06. The Morgan fingerprint density at radius 2 is 1.76 bits per heavy atom. The summed E-state index contributed by atoms with van der Waals surface area (Å²) in [4.78, 5) is 24.3. The Balaban J connectivity index is 2.23. The standard InChI is InChI=1S/C20H19NO4/c1-12-4-6-14(7-5-12)20(24)19-13(2)21(11-18(22)23)17-10-15(25-3)8-9-16(17)19/h4-10H,11H2,1-3H3,(H,22,23). The molecule has 2 aromatic carbocycles. The summed E-state index contributed by atoms with van der Waals surface area (Å²) in [7, 11) is 1.55. The molecule has 0 unspecified atom stereocenters. The highest BCUT2D eigenvalue weighted by molar-refractivity contribution is 6.17. The van der Waals surface area contributed by atoms with Crippen LogP contribution in [0.25, 0.3) is 10.9 Å². The van der Waals surface area contributed by atoms with Gasteiger partial charge in [-0.15, -0.1) is 0 Å². The number of nitrogens with zero attached hydrogens (tertiary/aromatic N) is 1. The molecule has 5 nitrogen and oxygen atoms in total. The van der Waals surface area contributed by atoms with Crippen molar-refractivity contribution in [2.75, 3.05) is 7.11 Å². The summed E-state index contributed by atoms with van der Waals surface area (Å²) in [5, 5.41) is 9.96. The van der Waals surface area contributed by atoms with Crippen molar-refractivity contribution in [3.63, 3.8) is 0 Å². The molecule has 0 aliphatic carbocycles. The van der Waals surface area contributed by atoms with Crippen molar-refractivity contribution in [3.8, 4) is 5.75 Å². The van der Waals surface area contributed by atoms with Crippen molar-refractivity contribution in [2.24, 2.45) is 0 Å². The first kappa shape index (κ1) is 16.8. The first-order chi connectivity index (χ1) is 11.9. The van der Waals surface area contributed by atoms with Gasteiger partial charge in [0.1, 0.15) is 12.3 Å². The third kappa shape index (κ3) is 3.01. The molecule has 25 heavy (non-hydrogen) atoms. The molecule has 3 rings (SSSR count). The number of aromatic nitrogens is 1. The van der Waals surface area contributed by atoms with Crippen LogP contribution in [0, 0.1) is 13.8 Å². The van der Waals surface area contributed by atoms with E-state index in [2.05, 4.69) is 0 Å². The maximum absolute atomic E-state index is 13.1. The smallest absolute Gasteiger partial charge is 0.323 e. The largest absolute Gasteiger partial charge is 0.497 e. The lowest BCUT2D eigenvalue weighted by molar-refractivity contribution is -0.137. The highest BCUT2D eigenvalue weighted by Gasteiger charge is 2.22. The van der Waals surface area contributed by atoms with E-state index in [9.17, 15) is 14.7 Å². The van der Waals surface area contributed by atoms with Crippen LogP contribution >= 0.6 is 0 Å². The van der Waals surface area contributed by atoms with E-state index in [1.807, 2.05) is 19.1 Å². The highest BCUT2D eigenvalue weighted by atomic mass is 16.5. The molecule has 1 aromatic heterocycles. The van der Waals surface area contributed by atoms with Crippen LogP contribution in [0.3, 0.4) is 0 Å². The molecule has 1 heterocycles. The first-order valence-electron chi connectivity index (χ1n) is 7.92. The van der Waals surface area contributed by atoms with Gasteiger partial charge in [0, 0.05) is 22.7 Å². The van der Waals surface area contributed by atoms with Crippen molar-refractivity contribution in [2.45, 2.75) is 20.4 Å². The minimum absolute atomic E-state index is 0.114. The van der Waals surface area contributed by atoms with Crippen molar-refractivity contribution in [1.82, 2.24) is 4.57 Å². The number of hydrogen-bond donors (Lipinski definition) is 1. The van der Waals surface area contributed by atoms with Crippen molar-refractivity contribution in [1.29, 1.82) is 0 Å². The Kier molecular flexibility index (Phi) is 4.31. The Bertz CT molecular complexity index is 968. The number of fused-ring (bicyclic) bond motifs is 1. The fraction of sp³-hybridized carbons (Fsp3) is 0.200. The van der Waals surface area contributed by atoms with Gasteiger partial charge in [-0.1, -0.05) is 29.8 Å². The maximum atomic E-state index is 13.1. The number of ketones is 1. The third-order valence-corrected chi connectivity index (χ3v) is 4.37. The minimum Gasteiger partial charge on any atom is -0.497 e. The number of benzene rings is 2. The molecule has 0 aliphatic heterocycles. The Labute approximate surface area is 145 Å². The molecule has 0 spiro atoms. The summed E-state index contributed by atoms with van der Waals surface area (Å²) in [6, 6.07) is 12.7. The molecule has 0 amide bonds. The normalized spacial score (nSPS) is 10.8. The van der Waals surface area contributed by atoms with E-state index in [0.29, 0.717) is 28.1 Å². The average molecular weight is 337 g/mol. The summed E-state index contributed by atoms with van der Waals surface area (Å²) < 4.78 is 6.88. The summed E-state index contributed by atoms with van der Waals surface area (Å²) >= 11 is 0. The lowest BCUT2D eigenvalue weighted by Crippen LogP contribution is -2.11. The van der Waals surface area contributed by atoms with Gasteiger partial charge < -0.3 is 14.4 Å². The van der Waals surface area contributed by atoms with E-state index in [1.54, 1.807) is 48.9 Å². The second-order valence-corrected chi connectivity index (χ2v) is 6.02. The second kappa shape index (κ2) is 6.43. The first-order valence-corrected chi connectivity index (χ1v) is 7.92. The number of aliphatic carboxylic acids is 1. The molecule has 0 saturated heterocycles. The monoisotopic (exact) mass is 337 g/mol. The molecule has 3 aromatic rings. The number of ether oxygens (including phenoxy) is 1. The van der Waals surface area contributed by atoms with Crippen LogP contribution in [0.15, 0.2) is 42.5 Å². The van der Waals surface area contributed by atoms with E-state index in [0.717, 1.165) is 10.9 Å². The topological polar surface area (TPSA) is 68.5 Å². The van der Waals surface area contributed by atoms with Gasteiger partial charge in [0.25, 0.3) is 0 Å². The SMILES string of the molecule is COc1ccc2c(C(=O)c3ccc(C)cc3)c(C)n(CC(=O)O)c2c1. The Hall–Kier alpha value is -3.08. The van der Waals surface area contributed by atoms with E-state index < -0.39 is 5.97 Å². The molecular formula is C20H19NO4. The van der Waals surface area contributed by atoms with E-state index in [-0.39, 0.29) is 12.3 Å². The van der Waals surface area contributed by atoms with Crippen LogP contribution in [-0.2, 0) is 11.3 Å². The predicted molar refractivity (Wildman–Crippen MR) is 95.5 cm³/mol. The maximum Gasteiger partial charge on any atom is 0.323 e. The summed E-state index contributed by atoms with van der Waals surface area (Å²) in [6.07, 6.45) is 0. The average Bonchev–Trinajstić information content (AvgIpc) is 2.86. The van der Waals surface area contributed by atoms with Crippen molar-refractivity contribution >= 4 is 22.7 Å². The number of carboxylic acids is 1. The summed E-state index contributed by atoms with van der Waals surface area (Å²) in [5.74, 6) is -0.458. The quantitative estimate of drug-likeness (QED) is 0.723. The number of methoxy groups -OCH3 is 1. The Morgan fingerprint density at radius 1 is 1.08 bits per heavy atom. The Morgan fingerprint density at radius 3 is 2.36 bits per heavy atom. The molecule has 0 aliphatic rings. The van der Waals surface area contributed by atoms with Gasteiger partial charge in [-0.3, -0.25) is 9.59 Å². The van der Waals surface area contributed by atoms with Crippen molar-refractivity contribution in [3.05, 3.63) is 64.8 Å². The molecule has 0 bridgehead atoms. The molecule has 0 radical (unpaired) electrons. The predicted octanol–water partition coefficient (Wildman–Crippen LogP) is 3.58. The lowest BCUT2D eigenvalue weighted by Gasteiger charge is -2.06. The van der Waals surface area contributed by atoms with E-state index >= 15 is 0 Å². The number of hydrogen-bond acceptors (Lipinski definition) is 3. The molecule has 0 atom stereocenters. The van der Waals surface area contributed by atoms with Crippen LogP contribution in [0.4, 0.5) is 0 Å². The number of carbonyl (C=O) groups is 2. The molecule has 128 valence electrons. The van der Waals surface area contributed by atoms with Gasteiger partial charge in [-0.25, -0.2) is 0 Å². The number of rotatable bonds is 5. The van der Waals surface area contributed by atoms with Crippen molar-refractivity contribution < 1.29 is 19.4 Å². The van der Waals surface area contributed by atoms with Gasteiger partial charge in [0.15, 0.2) is 5.78 Å². The molecule has 0 fully saturated rings. The zero-order valence-corrected chi connectivity index (χ0v) is 14.4. The van der Waals surface area contributed by atoms with Crippen LogP contribution in [0.1, 0.15) is 27.2 Å². The van der Waals surface area contributed by atoms with Crippen LogP contribution in [0.5, 0.6) is 5.75 Å². The number of carbonyl (C=O) groups excluding carboxylic acids is 1. The molecule has 0 saturated carbocycles. The minimum atomic E-state index is -0.961. The highest BCUT2D eigenvalue weighted by Crippen LogP contribution is 2.31. The summed E-state index contributed by atoms with van der Waals surface area (Å²) in [6.45, 7) is 3.53. The molecule has 1 N–H and O–H groups in total. The molecule has 5 heteroatoms. The number of carboxylic acid groups (broad SMARTS) is 1. The van der Waals surface area contributed by atoms with Gasteiger partial charge in [-0.05, 0) is 26.0 Å². The third-order valence-electron chi connectivity index (χ3n) is 4.37.